The number of amides is 2. The average molecular weight is 494 g/mol. The zero-order valence-corrected chi connectivity index (χ0v) is 19.6. The number of benzene rings is 2. The van der Waals surface area contributed by atoms with Crippen molar-refractivity contribution in [2.45, 2.75) is 44.0 Å². The highest BCUT2D eigenvalue weighted by Gasteiger charge is 2.64. The fourth-order valence-electron chi connectivity index (χ4n) is 4.90. The van der Waals surface area contributed by atoms with Crippen LogP contribution in [0.1, 0.15) is 41.7 Å². The first kappa shape index (κ1) is 21.3. The Bertz CT molecular complexity index is 1340. The monoisotopic (exact) mass is 493 g/mol. The van der Waals surface area contributed by atoms with Gasteiger partial charge in [-0.2, -0.15) is 0 Å². The maximum Gasteiger partial charge on any atom is 0.354 e. The number of thiazole rings is 1. The first-order chi connectivity index (χ1) is 16.5. The molecule has 2 aromatic carbocycles. The Labute approximate surface area is 204 Å². The van der Waals surface area contributed by atoms with Crippen molar-refractivity contribution in [3.8, 4) is 10.6 Å². The number of hydrogen-bond acceptors (Lipinski definition) is 6. The van der Waals surface area contributed by atoms with Gasteiger partial charge in [0.1, 0.15) is 11.6 Å². The molecule has 3 heterocycles. The summed E-state index contributed by atoms with van der Waals surface area (Å²) in [5.41, 5.74) is 0.856. The SMILES string of the molecule is O=C1CCC2(C(=O)OCc3csc(-c4ccccc4Cl)n3)N1c1ccccc1C(=O)N2C1CC1. The Hall–Kier alpha value is -3.23. The van der Waals surface area contributed by atoms with E-state index in [9.17, 15) is 14.4 Å². The van der Waals surface area contributed by atoms with E-state index in [-0.39, 0.29) is 37.3 Å². The second-order valence-corrected chi connectivity index (χ2v) is 9.93. The molecule has 2 amide bonds. The molecule has 1 saturated carbocycles. The molecule has 172 valence electrons. The van der Waals surface area contributed by atoms with Gasteiger partial charge in [-0.05, 0) is 31.0 Å². The van der Waals surface area contributed by atoms with Gasteiger partial charge in [0.2, 0.25) is 11.6 Å². The Morgan fingerprint density at radius 1 is 1.12 bits per heavy atom. The van der Waals surface area contributed by atoms with Crippen LogP contribution in [0.15, 0.2) is 53.9 Å². The van der Waals surface area contributed by atoms with Crippen molar-refractivity contribution in [1.29, 1.82) is 0 Å². The van der Waals surface area contributed by atoms with Crippen LogP contribution in [0, 0.1) is 0 Å². The summed E-state index contributed by atoms with van der Waals surface area (Å²) in [7, 11) is 0. The van der Waals surface area contributed by atoms with Crippen LogP contribution < -0.4 is 4.90 Å². The minimum absolute atomic E-state index is 0.0576. The van der Waals surface area contributed by atoms with Crippen molar-refractivity contribution in [2.75, 3.05) is 4.90 Å². The predicted octanol–water partition coefficient (Wildman–Crippen LogP) is 4.65. The van der Waals surface area contributed by atoms with Crippen LogP contribution in [0.3, 0.4) is 0 Å². The van der Waals surface area contributed by atoms with Crippen molar-refractivity contribution in [3.63, 3.8) is 0 Å². The molecule has 3 aliphatic rings. The normalized spacial score (nSPS) is 21.4. The topological polar surface area (TPSA) is 79.8 Å². The summed E-state index contributed by atoms with van der Waals surface area (Å²) in [6, 6.07) is 14.3. The highest BCUT2D eigenvalue weighted by atomic mass is 35.5. The molecule has 1 unspecified atom stereocenters. The lowest BCUT2D eigenvalue weighted by molar-refractivity contribution is -0.159. The third-order valence-corrected chi connectivity index (χ3v) is 7.80. The van der Waals surface area contributed by atoms with Crippen LogP contribution in [0.5, 0.6) is 0 Å². The molecule has 3 aromatic rings. The summed E-state index contributed by atoms with van der Waals surface area (Å²) in [5.74, 6) is -1.01. The van der Waals surface area contributed by atoms with Gasteiger partial charge in [0.05, 0.1) is 22.0 Å². The van der Waals surface area contributed by atoms with Crippen LogP contribution in [0.4, 0.5) is 5.69 Å². The van der Waals surface area contributed by atoms with E-state index in [0.29, 0.717) is 22.0 Å². The fraction of sp³-hybridized carbons (Fsp3) is 0.280. The number of fused-ring (bicyclic) bond motifs is 3. The number of para-hydroxylation sites is 1. The zero-order valence-electron chi connectivity index (χ0n) is 18.1. The smallest absolute Gasteiger partial charge is 0.354 e. The lowest BCUT2D eigenvalue weighted by atomic mass is 9.96. The Morgan fingerprint density at radius 2 is 1.85 bits per heavy atom. The van der Waals surface area contributed by atoms with Crippen molar-refractivity contribution in [1.82, 2.24) is 9.88 Å². The van der Waals surface area contributed by atoms with E-state index in [1.54, 1.807) is 35.2 Å². The quantitative estimate of drug-likeness (QED) is 0.483. The molecule has 6 rings (SSSR count). The zero-order chi connectivity index (χ0) is 23.4. The highest BCUT2D eigenvalue weighted by Crippen LogP contribution is 2.49. The van der Waals surface area contributed by atoms with Gasteiger partial charge in [-0.3, -0.25) is 14.5 Å². The van der Waals surface area contributed by atoms with Crippen molar-refractivity contribution in [3.05, 3.63) is 70.2 Å². The van der Waals surface area contributed by atoms with E-state index < -0.39 is 11.6 Å². The predicted molar refractivity (Wildman–Crippen MR) is 127 cm³/mol. The molecule has 0 spiro atoms. The molecule has 0 radical (unpaired) electrons. The van der Waals surface area contributed by atoms with Gasteiger partial charge < -0.3 is 9.64 Å². The molecule has 1 aromatic heterocycles. The number of ether oxygens (including phenoxy) is 1. The first-order valence-electron chi connectivity index (χ1n) is 11.1. The van der Waals surface area contributed by atoms with Crippen molar-refractivity contribution in [2.24, 2.45) is 0 Å². The van der Waals surface area contributed by atoms with Gasteiger partial charge in [0.15, 0.2) is 0 Å². The number of aromatic nitrogens is 1. The number of nitrogens with zero attached hydrogens (tertiary/aromatic N) is 3. The van der Waals surface area contributed by atoms with Gasteiger partial charge >= 0.3 is 5.97 Å². The molecule has 2 aliphatic heterocycles. The van der Waals surface area contributed by atoms with Gasteiger partial charge in [-0.1, -0.05) is 41.9 Å². The van der Waals surface area contributed by atoms with E-state index >= 15 is 0 Å². The molecular weight excluding hydrogens is 474 g/mol. The standard InChI is InChI=1S/C25H20ClN3O4S/c26-19-7-3-1-5-17(19)22-27-15(14-34-22)13-33-24(32)25-12-11-21(30)29(25)20-8-4-2-6-18(20)23(31)28(25)16-9-10-16/h1-8,14,16H,9-13H2. The third kappa shape index (κ3) is 3.16. The van der Waals surface area contributed by atoms with Crippen LogP contribution in [0.2, 0.25) is 5.02 Å². The number of anilines is 1. The molecule has 0 N–H and O–H groups in total. The summed E-state index contributed by atoms with van der Waals surface area (Å²) in [4.78, 5) is 47.8. The lowest BCUT2D eigenvalue weighted by Crippen LogP contribution is -2.69. The van der Waals surface area contributed by atoms with E-state index in [0.717, 1.165) is 23.4 Å². The molecule has 9 heteroatoms. The third-order valence-electron chi connectivity index (χ3n) is 6.55. The van der Waals surface area contributed by atoms with E-state index in [4.69, 9.17) is 16.3 Å². The van der Waals surface area contributed by atoms with Crippen molar-refractivity contribution < 1.29 is 19.1 Å². The van der Waals surface area contributed by atoms with Crippen LogP contribution >= 0.6 is 22.9 Å². The number of carbonyl (C=O) groups is 3. The Morgan fingerprint density at radius 3 is 2.62 bits per heavy atom. The number of rotatable bonds is 5. The van der Waals surface area contributed by atoms with Gasteiger partial charge in [0, 0.05) is 29.8 Å². The summed E-state index contributed by atoms with van der Waals surface area (Å²) in [6.45, 7) is -0.0576. The number of carbonyl (C=O) groups excluding carboxylic acids is 3. The average Bonchev–Trinajstić information content (AvgIpc) is 3.45. The summed E-state index contributed by atoms with van der Waals surface area (Å²) >= 11 is 7.70. The summed E-state index contributed by atoms with van der Waals surface area (Å²) < 4.78 is 5.76. The number of halogens is 1. The van der Waals surface area contributed by atoms with Gasteiger partial charge in [-0.15, -0.1) is 11.3 Å². The molecule has 1 saturated heterocycles. The summed E-state index contributed by atoms with van der Waals surface area (Å²) in [5, 5.41) is 3.15. The molecule has 1 aliphatic carbocycles. The molecule has 7 nitrogen and oxygen atoms in total. The van der Waals surface area contributed by atoms with Gasteiger partial charge in [-0.25, -0.2) is 9.78 Å². The van der Waals surface area contributed by atoms with Crippen LogP contribution in [0.25, 0.3) is 10.6 Å². The van der Waals surface area contributed by atoms with Crippen LogP contribution in [-0.4, -0.2) is 39.4 Å². The van der Waals surface area contributed by atoms with E-state index in [1.165, 1.54) is 16.2 Å². The second-order valence-electron chi connectivity index (χ2n) is 8.67. The number of hydrogen-bond donors (Lipinski definition) is 0. The molecular formula is C25H20ClN3O4S. The molecule has 34 heavy (non-hydrogen) atoms. The minimum atomic E-state index is -1.45. The van der Waals surface area contributed by atoms with E-state index in [1.807, 2.05) is 23.6 Å². The Kier molecular flexibility index (Phi) is 4.97. The molecule has 1 atom stereocenters. The van der Waals surface area contributed by atoms with Gasteiger partial charge in [0.25, 0.3) is 5.91 Å². The number of esters is 1. The summed E-state index contributed by atoms with van der Waals surface area (Å²) in [6.07, 6.45) is 1.99. The second kappa shape index (κ2) is 7.92. The Balaban J connectivity index is 1.31. The maximum absolute atomic E-state index is 13.7. The fourth-order valence-corrected chi connectivity index (χ4v) is 6.02. The molecule has 2 fully saturated rings. The maximum atomic E-state index is 13.7. The first-order valence-corrected chi connectivity index (χ1v) is 12.4. The lowest BCUT2D eigenvalue weighted by Gasteiger charge is -2.48. The van der Waals surface area contributed by atoms with E-state index in [2.05, 4.69) is 4.98 Å². The highest BCUT2D eigenvalue weighted by molar-refractivity contribution is 7.13. The minimum Gasteiger partial charge on any atom is -0.456 e. The van der Waals surface area contributed by atoms with Crippen molar-refractivity contribution >= 4 is 46.4 Å². The molecule has 0 bridgehead atoms. The largest absolute Gasteiger partial charge is 0.456 e. The van der Waals surface area contributed by atoms with Crippen LogP contribution in [-0.2, 0) is 20.9 Å².